The van der Waals surface area contributed by atoms with Crippen molar-refractivity contribution in [2.45, 2.75) is 32.6 Å². The van der Waals surface area contributed by atoms with E-state index < -0.39 is 0 Å². The quantitative estimate of drug-likeness (QED) is 0.806. The molecule has 5 heteroatoms. The van der Waals surface area contributed by atoms with E-state index in [1.54, 1.807) is 10.7 Å². The van der Waals surface area contributed by atoms with Crippen molar-refractivity contribution in [3.8, 4) is 11.8 Å². The molecular weight excluding hydrogens is 260 g/mol. The maximum atomic E-state index is 9.27. The van der Waals surface area contributed by atoms with Crippen molar-refractivity contribution < 1.29 is 0 Å². The Bertz CT molecular complexity index is 625. The second-order valence-corrected chi connectivity index (χ2v) is 4.43. The lowest BCUT2D eigenvalue weighted by Crippen LogP contribution is -2.05. The van der Waals surface area contributed by atoms with Crippen molar-refractivity contribution >= 4 is 11.6 Å². The molecule has 0 N–H and O–H groups in total. The van der Waals surface area contributed by atoms with Crippen LogP contribution in [0.5, 0.6) is 0 Å². The smallest absolute Gasteiger partial charge is 0.151 e. The van der Waals surface area contributed by atoms with Gasteiger partial charge >= 0.3 is 0 Å². The Morgan fingerprint density at radius 2 is 2.11 bits per heavy atom. The normalized spacial score (nSPS) is 10.4. The third-order valence-corrected chi connectivity index (χ3v) is 3.22. The van der Waals surface area contributed by atoms with Crippen LogP contribution in [-0.4, -0.2) is 14.8 Å². The molecule has 0 aliphatic heterocycles. The first kappa shape index (κ1) is 13.6. The Labute approximate surface area is 117 Å². The summed E-state index contributed by atoms with van der Waals surface area (Å²) >= 11 is 5.80. The van der Waals surface area contributed by atoms with Gasteiger partial charge in [-0.1, -0.05) is 19.9 Å². The topological polar surface area (TPSA) is 54.5 Å². The van der Waals surface area contributed by atoms with Crippen LogP contribution >= 0.6 is 11.6 Å². The molecule has 1 heterocycles. The van der Waals surface area contributed by atoms with Gasteiger partial charge in [-0.05, 0) is 17.7 Å². The van der Waals surface area contributed by atoms with Crippen LogP contribution in [0.1, 0.15) is 36.6 Å². The summed E-state index contributed by atoms with van der Waals surface area (Å²) in [6.45, 7) is 4.04. The Balaban J connectivity index is 2.58. The predicted octanol–water partition coefficient (Wildman–Crippen LogP) is 3.00. The van der Waals surface area contributed by atoms with E-state index in [0.29, 0.717) is 11.4 Å². The summed E-state index contributed by atoms with van der Waals surface area (Å²) in [6.07, 6.45) is 1.55. The molecule has 0 bridgehead atoms. The fourth-order valence-corrected chi connectivity index (χ4v) is 2.07. The minimum atomic E-state index is 0.396. The largest absolute Gasteiger partial charge is 0.216 e. The zero-order valence-electron chi connectivity index (χ0n) is 11.0. The van der Waals surface area contributed by atoms with Crippen LogP contribution in [0.3, 0.4) is 0 Å². The maximum absolute atomic E-state index is 9.27. The van der Waals surface area contributed by atoms with Gasteiger partial charge in [0.25, 0.3) is 0 Å². The number of halogens is 1. The molecule has 0 spiro atoms. The van der Waals surface area contributed by atoms with Crippen LogP contribution in [-0.2, 0) is 18.7 Å². The van der Waals surface area contributed by atoms with Gasteiger partial charge in [0.15, 0.2) is 5.82 Å². The fourth-order valence-electron chi connectivity index (χ4n) is 1.90. The Kier molecular flexibility index (Phi) is 4.18. The highest BCUT2D eigenvalue weighted by atomic mass is 35.5. The molecule has 0 aliphatic rings. The third kappa shape index (κ3) is 2.61. The monoisotopic (exact) mass is 274 g/mol. The summed E-state index contributed by atoms with van der Waals surface area (Å²) in [7, 11) is 0. The first-order chi connectivity index (χ1) is 9.23. The molecule has 19 heavy (non-hydrogen) atoms. The van der Waals surface area contributed by atoms with Gasteiger partial charge in [0, 0.05) is 18.7 Å². The maximum Gasteiger partial charge on any atom is 0.151 e. The van der Waals surface area contributed by atoms with Crippen LogP contribution < -0.4 is 0 Å². The number of nitriles is 1. The van der Waals surface area contributed by atoms with Crippen molar-refractivity contribution in [1.82, 2.24) is 14.8 Å². The zero-order chi connectivity index (χ0) is 13.8. The SMILES string of the molecule is CCc1nc(CC)n(-c2ccc(CCl)cc2C#N)n1. The van der Waals surface area contributed by atoms with Gasteiger partial charge in [-0.3, -0.25) is 0 Å². The van der Waals surface area contributed by atoms with Crippen LogP contribution in [0, 0.1) is 11.3 Å². The number of alkyl halides is 1. The fraction of sp³-hybridized carbons (Fsp3) is 0.357. The van der Waals surface area contributed by atoms with Crippen molar-refractivity contribution in [1.29, 1.82) is 5.26 Å². The molecule has 2 rings (SSSR count). The van der Waals surface area contributed by atoms with Gasteiger partial charge in [-0.2, -0.15) is 10.4 Å². The van der Waals surface area contributed by atoms with Gasteiger partial charge in [-0.25, -0.2) is 9.67 Å². The lowest BCUT2D eigenvalue weighted by molar-refractivity contribution is 0.788. The van der Waals surface area contributed by atoms with E-state index in [0.717, 1.165) is 35.7 Å². The molecule has 0 atom stereocenters. The van der Waals surface area contributed by atoms with Gasteiger partial charge in [0.2, 0.25) is 0 Å². The van der Waals surface area contributed by atoms with E-state index in [2.05, 4.69) is 16.2 Å². The molecule has 98 valence electrons. The molecule has 0 radical (unpaired) electrons. The number of hydrogen-bond donors (Lipinski definition) is 0. The molecular formula is C14H15ClN4. The average molecular weight is 275 g/mol. The molecule has 0 aliphatic carbocycles. The summed E-state index contributed by atoms with van der Waals surface area (Å²) in [5, 5.41) is 13.7. The zero-order valence-corrected chi connectivity index (χ0v) is 11.8. The second kappa shape index (κ2) is 5.85. The molecule has 4 nitrogen and oxygen atoms in total. The summed E-state index contributed by atoms with van der Waals surface area (Å²) in [6, 6.07) is 7.79. The van der Waals surface area contributed by atoms with Crippen molar-refractivity contribution in [3.63, 3.8) is 0 Å². The van der Waals surface area contributed by atoms with E-state index >= 15 is 0 Å². The molecule has 0 fully saturated rings. The van der Waals surface area contributed by atoms with E-state index in [1.165, 1.54) is 0 Å². The molecule has 0 amide bonds. The molecule has 0 saturated heterocycles. The Morgan fingerprint density at radius 3 is 2.68 bits per heavy atom. The van der Waals surface area contributed by atoms with E-state index in [1.807, 2.05) is 26.0 Å². The lowest BCUT2D eigenvalue weighted by atomic mass is 10.1. The van der Waals surface area contributed by atoms with Crippen molar-refractivity contribution in [3.05, 3.63) is 41.0 Å². The number of aromatic nitrogens is 3. The Morgan fingerprint density at radius 1 is 1.32 bits per heavy atom. The number of benzene rings is 1. The first-order valence-electron chi connectivity index (χ1n) is 6.27. The van der Waals surface area contributed by atoms with Crippen LogP contribution in [0.4, 0.5) is 0 Å². The second-order valence-electron chi connectivity index (χ2n) is 4.16. The van der Waals surface area contributed by atoms with Crippen molar-refractivity contribution in [2.24, 2.45) is 0 Å². The highest BCUT2D eigenvalue weighted by molar-refractivity contribution is 6.17. The summed E-state index contributed by atoms with van der Waals surface area (Å²) in [5.74, 6) is 2.06. The predicted molar refractivity (Wildman–Crippen MR) is 74.4 cm³/mol. The highest BCUT2D eigenvalue weighted by Gasteiger charge is 2.13. The summed E-state index contributed by atoms with van der Waals surface area (Å²) in [4.78, 5) is 4.46. The standard InChI is InChI=1S/C14H15ClN4/c1-3-13-17-14(4-2)19(18-13)12-6-5-10(8-15)7-11(12)9-16/h5-7H,3-4,8H2,1-2H3. The summed E-state index contributed by atoms with van der Waals surface area (Å²) < 4.78 is 1.76. The molecule has 1 aromatic heterocycles. The van der Waals surface area contributed by atoms with Gasteiger partial charge in [0.1, 0.15) is 11.9 Å². The van der Waals surface area contributed by atoms with Gasteiger partial charge in [0.05, 0.1) is 11.3 Å². The minimum absolute atomic E-state index is 0.396. The number of hydrogen-bond acceptors (Lipinski definition) is 3. The van der Waals surface area contributed by atoms with Gasteiger partial charge in [-0.15, -0.1) is 11.6 Å². The third-order valence-electron chi connectivity index (χ3n) is 2.91. The van der Waals surface area contributed by atoms with Gasteiger partial charge < -0.3 is 0 Å². The first-order valence-corrected chi connectivity index (χ1v) is 6.81. The number of aryl methyl sites for hydroxylation is 2. The van der Waals surface area contributed by atoms with Crippen molar-refractivity contribution in [2.75, 3.05) is 0 Å². The lowest BCUT2D eigenvalue weighted by Gasteiger charge is -2.07. The van der Waals surface area contributed by atoms with Crippen LogP contribution in [0.25, 0.3) is 5.69 Å². The van der Waals surface area contributed by atoms with Crippen LogP contribution in [0.15, 0.2) is 18.2 Å². The van der Waals surface area contributed by atoms with E-state index in [4.69, 9.17) is 11.6 Å². The highest BCUT2D eigenvalue weighted by Crippen LogP contribution is 2.18. The number of nitrogens with zero attached hydrogens (tertiary/aromatic N) is 4. The number of rotatable bonds is 4. The summed E-state index contributed by atoms with van der Waals surface area (Å²) in [5.41, 5.74) is 2.26. The molecule has 2 aromatic rings. The molecule has 0 saturated carbocycles. The average Bonchev–Trinajstić information content (AvgIpc) is 2.89. The Hall–Kier alpha value is -1.86. The minimum Gasteiger partial charge on any atom is -0.216 e. The van der Waals surface area contributed by atoms with E-state index in [-0.39, 0.29) is 0 Å². The molecule has 1 aromatic carbocycles. The van der Waals surface area contributed by atoms with E-state index in [9.17, 15) is 5.26 Å². The molecule has 0 unspecified atom stereocenters. The van der Waals surface area contributed by atoms with Crippen LogP contribution in [0.2, 0.25) is 0 Å².